The normalized spacial score (nSPS) is 23.0. The molecule has 0 heterocycles. The zero-order chi connectivity index (χ0) is 12.4. The van der Waals surface area contributed by atoms with E-state index in [1.54, 1.807) is 6.07 Å². The molecule has 92 valence electrons. The van der Waals surface area contributed by atoms with E-state index in [1.165, 1.54) is 12.1 Å². The third-order valence-corrected chi connectivity index (χ3v) is 3.04. The summed E-state index contributed by atoms with van der Waals surface area (Å²) in [6.45, 7) is 0. The molecule has 1 aliphatic rings. The summed E-state index contributed by atoms with van der Waals surface area (Å²) < 4.78 is 13.0. The van der Waals surface area contributed by atoms with Crippen LogP contribution in [0.15, 0.2) is 18.2 Å². The molecule has 1 aromatic rings. The Morgan fingerprint density at radius 1 is 1.47 bits per heavy atom. The first-order valence-corrected chi connectivity index (χ1v) is 5.90. The van der Waals surface area contributed by atoms with Gasteiger partial charge in [0.15, 0.2) is 0 Å². The summed E-state index contributed by atoms with van der Waals surface area (Å²) in [5.74, 6) is -0.547. The van der Waals surface area contributed by atoms with Crippen molar-refractivity contribution in [2.75, 3.05) is 0 Å². The van der Waals surface area contributed by atoms with Gasteiger partial charge in [-0.05, 0) is 36.6 Å². The van der Waals surface area contributed by atoms with Gasteiger partial charge in [0.1, 0.15) is 5.82 Å². The molecule has 0 unspecified atom stereocenters. The molecule has 0 aliphatic heterocycles. The number of carbonyl (C=O) groups excluding carboxylic acids is 1. The number of nitrogens with one attached hydrogen (secondary N) is 1. The van der Waals surface area contributed by atoms with Gasteiger partial charge in [0.2, 0.25) is 5.91 Å². The first-order chi connectivity index (χ1) is 8.02. The van der Waals surface area contributed by atoms with Gasteiger partial charge in [-0.3, -0.25) is 4.79 Å². The van der Waals surface area contributed by atoms with Crippen molar-refractivity contribution in [1.82, 2.24) is 5.32 Å². The van der Waals surface area contributed by atoms with Crippen molar-refractivity contribution in [2.24, 2.45) is 5.73 Å². The van der Waals surface area contributed by atoms with E-state index in [2.05, 4.69) is 5.32 Å². The summed E-state index contributed by atoms with van der Waals surface area (Å²) in [5.41, 5.74) is 6.20. The summed E-state index contributed by atoms with van der Waals surface area (Å²) in [7, 11) is 0. The number of benzene rings is 1. The minimum absolute atomic E-state index is 0.122. The highest BCUT2D eigenvalue weighted by molar-refractivity contribution is 6.30. The molecule has 0 atom stereocenters. The third kappa shape index (κ3) is 3.41. The summed E-state index contributed by atoms with van der Waals surface area (Å²) >= 11 is 5.71. The maximum Gasteiger partial charge on any atom is 0.224 e. The van der Waals surface area contributed by atoms with Crippen LogP contribution in [0.5, 0.6) is 0 Å². The van der Waals surface area contributed by atoms with Gasteiger partial charge in [-0.2, -0.15) is 0 Å². The molecule has 1 aromatic carbocycles. The predicted molar refractivity (Wildman–Crippen MR) is 64.3 cm³/mol. The summed E-state index contributed by atoms with van der Waals surface area (Å²) in [4.78, 5) is 11.6. The van der Waals surface area contributed by atoms with Crippen molar-refractivity contribution in [2.45, 2.75) is 31.3 Å². The molecule has 1 aliphatic carbocycles. The lowest BCUT2D eigenvalue weighted by atomic mass is 9.87. The Hall–Kier alpha value is -1.13. The second-order valence-corrected chi connectivity index (χ2v) is 4.89. The molecule has 0 bridgehead atoms. The second-order valence-electron chi connectivity index (χ2n) is 4.45. The standard InChI is InChI=1S/C12H14ClFN2O/c13-8-1-7(2-9(14)4-8)3-12(17)16-11-5-10(15)6-11/h1-2,4,10-11H,3,5-6,15H2,(H,16,17). The van der Waals surface area contributed by atoms with Crippen molar-refractivity contribution in [1.29, 1.82) is 0 Å². The molecule has 1 amide bonds. The molecule has 0 saturated heterocycles. The van der Waals surface area contributed by atoms with Crippen molar-refractivity contribution in [3.05, 3.63) is 34.6 Å². The fourth-order valence-corrected chi connectivity index (χ4v) is 2.20. The van der Waals surface area contributed by atoms with Crippen LogP contribution in [0.3, 0.4) is 0 Å². The van der Waals surface area contributed by atoms with E-state index < -0.39 is 5.82 Å². The number of carbonyl (C=O) groups is 1. The number of rotatable bonds is 3. The number of halogens is 2. The lowest BCUT2D eigenvalue weighted by Crippen LogP contribution is -2.50. The first-order valence-electron chi connectivity index (χ1n) is 5.53. The van der Waals surface area contributed by atoms with Crippen LogP contribution in [0.1, 0.15) is 18.4 Å². The monoisotopic (exact) mass is 256 g/mol. The van der Waals surface area contributed by atoms with Gasteiger partial charge in [0.05, 0.1) is 6.42 Å². The average Bonchev–Trinajstić information content (AvgIpc) is 2.13. The summed E-state index contributed by atoms with van der Waals surface area (Å²) in [6, 6.07) is 4.49. The van der Waals surface area contributed by atoms with E-state index in [0.717, 1.165) is 12.8 Å². The van der Waals surface area contributed by atoms with Gasteiger partial charge in [-0.1, -0.05) is 11.6 Å². The Morgan fingerprint density at radius 3 is 2.76 bits per heavy atom. The molecule has 3 N–H and O–H groups in total. The number of hydrogen-bond acceptors (Lipinski definition) is 2. The van der Waals surface area contributed by atoms with Crippen molar-refractivity contribution >= 4 is 17.5 Å². The van der Waals surface area contributed by atoms with Crippen molar-refractivity contribution < 1.29 is 9.18 Å². The van der Waals surface area contributed by atoms with E-state index >= 15 is 0 Å². The quantitative estimate of drug-likeness (QED) is 0.864. The molecule has 1 fully saturated rings. The summed E-state index contributed by atoms with van der Waals surface area (Å²) in [5, 5.41) is 3.15. The highest BCUT2D eigenvalue weighted by atomic mass is 35.5. The molecule has 0 spiro atoms. The fraction of sp³-hybridized carbons (Fsp3) is 0.417. The van der Waals surface area contributed by atoms with E-state index in [9.17, 15) is 9.18 Å². The van der Waals surface area contributed by atoms with Gasteiger partial charge in [0, 0.05) is 17.1 Å². The van der Waals surface area contributed by atoms with Crippen molar-refractivity contribution in [3.8, 4) is 0 Å². The molecule has 0 radical (unpaired) electrons. The van der Waals surface area contributed by atoms with Crippen molar-refractivity contribution in [3.63, 3.8) is 0 Å². The number of nitrogens with two attached hydrogens (primary N) is 1. The van der Waals surface area contributed by atoms with Gasteiger partial charge >= 0.3 is 0 Å². The van der Waals surface area contributed by atoms with Crippen LogP contribution in [0, 0.1) is 5.82 Å². The first kappa shape index (κ1) is 12.3. The van der Waals surface area contributed by atoms with Crippen LogP contribution in [0.25, 0.3) is 0 Å². The average molecular weight is 257 g/mol. The van der Waals surface area contributed by atoms with E-state index in [1.807, 2.05) is 0 Å². The molecule has 5 heteroatoms. The molecule has 17 heavy (non-hydrogen) atoms. The largest absolute Gasteiger partial charge is 0.353 e. The van der Waals surface area contributed by atoms with E-state index in [0.29, 0.717) is 10.6 Å². The number of amides is 1. The Labute approximate surface area is 104 Å². The maximum absolute atomic E-state index is 13.0. The molecule has 3 nitrogen and oxygen atoms in total. The highest BCUT2D eigenvalue weighted by Crippen LogP contribution is 2.18. The predicted octanol–water partition coefficient (Wildman–Crippen LogP) is 1.63. The zero-order valence-corrected chi connectivity index (χ0v) is 10.0. The van der Waals surface area contributed by atoms with Crippen LogP contribution in [0.4, 0.5) is 4.39 Å². The second kappa shape index (κ2) is 5.02. The third-order valence-electron chi connectivity index (χ3n) is 2.83. The molecule has 1 saturated carbocycles. The van der Waals surface area contributed by atoms with Crippen LogP contribution in [0.2, 0.25) is 5.02 Å². The minimum Gasteiger partial charge on any atom is -0.353 e. The molecular weight excluding hydrogens is 243 g/mol. The lowest BCUT2D eigenvalue weighted by molar-refractivity contribution is -0.121. The van der Waals surface area contributed by atoms with Gasteiger partial charge in [0.25, 0.3) is 0 Å². The van der Waals surface area contributed by atoms with E-state index in [4.69, 9.17) is 17.3 Å². The highest BCUT2D eigenvalue weighted by Gasteiger charge is 2.26. The van der Waals surface area contributed by atoms with Crippen LogP contribution < -0.4 is 11.1 Å². The minimum atomic E-state index is -0.425. The fourth-order valence-electron chi connectivity index (χ4n) is 1.96. The van der Waals surface area contributed by atoms with Crippen LogP contribution in [-0.2, 0) is 11.2 Å². The van der Waals surface area contributed by atoms with E-state index in [-0.39, 0.29) is 24.4 Å². The van der Waals surface area contributed by atoms with Crippen LogP contribution >= 0.6 is 11.6 Å². The zero-order valence-electron chi connectivity index (χ0n) is 9.25. The van der Waals surface area contributed by atoms with Crippen LogP contribution in [-0.4, -0.2) is 18.0 Å². The molecule has 0 aromatic heterocycles. The number of hydrogen-bond donors (Lipinski definition) is 2. The maximum atomic E-state index is 13.0. The Bertz CT molecular complexity index is 412. The lowest BCUT2D eigenvalue weighted by Gasteiger charge is -2.32. The molecular formula is C12H14ClFN2O. The van der Waals surface area contributed by atoms with Gasteiger partial charge in [-0.15, -0.1) is 0 Å². The topological polar surface area (TPSA) is 55.1 Å². The van der Waals surface area contributed by atoms with Gasteiger partial charge < -0.3 is 11.1 Å². The van der Waals surface area contributed by atoms with Gasteiger partial charge in [-0.25, -0.2) is 4.39 Å². The smallest absolute Gasteiger partial charge is 0.224 e. The summed E-state index contributed by atoms with van der Waals surface area (Å²) in [6.07, 6.45) is 1.77. The molecule has 2 rings (SSSR count). The Kier molecular flexibility index (Phi) is 3.64. The Balaban J connectivity index is 1.89. The SMILES string of the molecule is NC1CC(NC(=O)Cc2cc(F)cc(Cl)c2)C1. The Morgan fingerprint density at radius 2 is 2.18 bits per heavy atom.